The van der Waals surface area contributed by atoms with E-state index >= 15 is 0 Å². The highest BCUT2D eigenvalue weighted by Gasteiger charge is 2.12. The molecular weight excluding hydrogens is 229 g/mol. The molecule has 0 radical (unpaired) electrons. The highest BCUT2D eigenvalue weighted by atomic mass is 35.5. The topological polar surface area (TPSA) is 24.9 Å². The third-order valence-corrected chi connectivity index (χ3v) is 1.93. The number of halogens is 4. The zero-order valence-corrected chi connectivity index (χ0v) is 8.73. The van der Waals surface area contributed by atoms with Crippen LogP contribution in [-0.2, 0) is 0 Å². The van der Waals surface area contributed by atoms with E-state index in [1.54, 1.807) is 0 Å². The summed E-state index contributed by atoms with van der Waals surface area (Å²) in [5, 5.41) is 2.71. The first kappa shape index (κ1) is 12.1. The number of nitrogens with zero attached hydrogens (tertiary/aromatic N) is 1. The maximum absolute atomic E-state index is 13.2. The van der Waals surface area contributed by atoms with Crippen molar-refractivity contribution in [1.82, 2.24) is 4.98 Å². The standard InChI is InChI=1S/C9H10ClF3N2/c1-5(2-8(12)13)15-9-7(11)3-6(10)4-14-9/h3-5,8H,2H2,1H3,(H,14,15). The van der Waals surface area contributed by atoms with Gasteiger partial charge in [-0.05, 0) is 13.0 Å². The van der Waals surface area contributed by atoms with Crippen molar-refractivity contribution in [1.29, 1.82) is 0 Å². The average Bonchev–Trinajstić information content (AvgIpc) is 2.08. The molecule has 1 rings (SSSR count). The average molecular weight is 239 g/mol. The van der Waals surface area contributed by atoms with Crippen molar-refractivity contribution in [2.75, 3.05) is 5.32 Å². The van der Waals surface area contributed by atoms with E-state index in [1.165, 1.54) is 13.1 Å². The first-order chi connectivity index (χ1) is 6.99. The second-order valence-electron chi connectivity index (χ2n) is 3.16. The zero-order valence-electron chi connectivity index (χ0n) is 7.98. The molecule has 1 heterocycles. The Morgan fingerprint density at radius 1 is 1.53 bits per heavy atom. The Labute approximate surface area is 90.5 Å². The largest absolute Gasteiger partial charge is 0.365 e. The first-order valence-corrected chi connectivity index (χ1v) is 4.72. The van der Waals surface area contributed by atoms with Crippen LogP contribution in [0, 0.1) is 5.82 Å². The van der Waals surface area contributed by atoms with Crippen LogP contribution < -0.4 is 5.32 Å². The maximum Gasteiger partial charge on any atom is 0.240 e. The fraction of sp³-hybridized carbons (Fsp3) is 0.444. The minimum atomic E-state index is -2.43. The van der Waals surface area contributed by atoms with Gasteiger partial charge in [0.2, 0.25) is 6.43 Å². The molecule has 84 valence electrons. The quantitative estimate of drug-likeness (QED) is 0.870. The zero-order chi connectivity index (χ0) is 11.4. The van der Waals surface area contributed by atoms with Gasteiger partial charge >= 0.3 is 0 Å². The van der Waals surface area contributed by atoms with Crippen LogP contribution >= 0.6 is 11.6 Å². The Kier molecular flexibility index (Phi) is 4.20. The minimum absolute atomic E-state index is 0.0625. The molecule has 0 aliphatic carbocycles. The molecule has 1 aromatic heterocycles. The van der Waals surface area contributed by atoms with E-state index in [9.17, 15) is 13.2 Å². The molecule has 0 fully saturated rings. The fourth-order valence-electron chi connectivity index (χ4n) is 1.08. The van der Waals surface area contributed by atoms with Crippen molar-refractivity contribution in [2.24, 2.45) is 0 Å². The summed E-state index contributed by atoms with van der Waals surface area (Å²) in [5.41, 5.74) is 0. The van der Waals surface area contributed by atoms with Crippen LogP contribution in [0.15, 0.2) is 12.3 Å². The number of nitrogens with one attached hydrogen (secondary N) is 1. The third-order valence-electron chi connectivity index (χ3n) is 1.72. The summed E-state index contributed by atoms with van der Waals surface area (Å²) in [6.45, 7) is 1.53. The SMILES string of the molecule is CC(CC(F)F)Nc1ncc(Cl)cc1F. The highest BCUT2D eigenvalue weighted by molar-refractivity contribution is 6.30. The third kappa shape index (κ3) is 3.95. The van der Waals surface area contributed by atoms with Gasteiger partial charge in [0.15, 0.2) is 11.6 Å². The van der Waals surface area contributed by atoms with E-state index in [0.29, 0.717) is 0 Å². The molecule has 0 aliphatic heterocycles. The maximum atomic E-state index is 13.2. The Hall–Kier alpha value is -0.970. The van der Waals surface area contributed by atoms with Crippen LogP contribution in [0.3, 0.4) is 0 Å². The van der Waals surface area contributed by atoms with Crippen molar-refractivity contribution in [3.8, 4) is 0 Å². The van der Waals surface area contributed by atoms with E-state index < -0.39 is 18.3 Å². The Balaban J connectivity index is 2.64. The summed E-state index contributed by atoms with van der Waals surface area (Å²) >= 11 is 5.49. The van der Waals surface area contributed by atoms with Gasteiger partial charge in [0, 0.05) is 18.7 Å². The van der Waals surface area contributed by atoms with Gasteiger partial charge in [0.25, 0.3) is 0 Å². The number of hydrogen-bond donors (Lipinski definition) is 1. The van der Waals surface area contributed by atoms with Crippen LogP contribution in [-0.4, -0.2) is 17.5 Å². The first-order valence-electron chi connectivity index (χ1n) is 4.34. The number of aromatic nitrogens is 1. The van der Waals surface area contributed by atoms with Gasteiger partial charge in [0.1, 0.15) is 0 Å². The van der Waals surface area contributed by atoms with Crippen LogP contribution in [0.2, 0.25) is 5.02 Å². The summed E-state index contributed by atoms with van der Waals surface area (Å²) in [6.07, 6.45) is -1.53. The summed E-state index contributed by atoms with van der Waals surface area (Å²) in [6, 6.07) is 0.527. The van der Waals surface area contributed by atoms with Gasteiger partial charge < -0.3 is 5.32 Å². The molecule has 1 N–H and O–H groups in total. The van der Waals surface area contributed by atoms with Crippen LogP contribution in [0.25, 0.3) is 0 Å². The number of hydrogen-bond acceptors (Lipinski definition) is 2. The van der Waals surface area contributed by atoms with Crippen LogP contribution in [0.5, 0.6) is 0 Å². The van der Waals surface area contributed by atoms with Crippen molar-refractivity contribution in [2.45, 2.75) is 25.8 Å². The molecular formula is C9H10ClF3N2. The molecule has 0 spiro atoms. The number of alkyl halides is 2. The second-order valence-corrected chi connectivity index (χ2v) is 3.59. The predicted molar refractivity (Wildman–Crippen MR) is 52.9 cm³/mol. The van der Waals surface area contributed by atoms with Gasteiger partial charge in [-0.2, -0.15) is 0 Å². The molecule has 0 bridgehead atoms. The Bertz CT molecular complexity index is 333. The van der Waals surface area contributed by atoms with E-state index in [1.807, 2.05) is 0 Å². The molecule has 0 aromatic carbocycles. The fourth-order valence-corrected chi connectivity index (χ4v) is 1.22. The number of pyridine rings is 1. The monoisotopic (exact) mass is 238 g/mol. The van der Waals surface area contributed by atoms with Crippen molar-refractivity contribution < 1.29 is 13.2 Å². The molecule has 1 unspecified atom stereocenters. The second kappa shape index (κ2) is 5.21. The molecule has 0 saturated heterocycles. The molecule has 0 saturated carbocycles. The lowest BCUT2D eigenvalue weighted by molar-refractivity contribution is 0.133. The lowest BCUT2D eigenvalue weighted by Gasteiger charge is -2.14. The van der Waals surface area contributed by atoms with Gasteiger partial charge in [-0.1, -0.05) is 11.6 Å². The van der Waals surface area contributed by atoms with Gasteiger partial charge in [-0.3, -0.25) is 0 Å². The van der Waals surface area contributed by atoms with E-state index in [-0.39, 0.29) is 17.3 Å². The molecule has 2 nitrogen and oxygen atoms in total. The summed E-state index contributed by atoms with van der Waals surface area (Å²) < 4.78 is 37.1. The molecule has 0 aliphatic rings. The lowest BCUT2D eigenvalue weighted by atomic mass is 10.2. The van der Waals surface area contributed by atoms with Gasteiger partial charge in [-0.25, -0.2) is 18.2 Å². The van der Waals surface area contributed by atoms with Crippen molar-refractivity contribution in [3.05, 3.63) is 23.1 Å². The molecule has 6 heteroatoms. The number of rotatable bonds is 4. The van der Waals surface area contributed by atoms with Gasteiger partial charge in [0.05, 0.1) is 5.02 Å². The molecule has 1 atom stereocenters. The van der Waals surface area contributed by atoms with E-state index in [0.717, 1.165) is 6.07 Å². The molecule has 0 amide bonds. The Morgan fingerprint density at radius 3 is 2.73 bits per heavy atom. The highest BCUT2D eigenvalue weighted by Crippen LogP contribution is 2.17. The van der Waals surface area contributed by atoms with Crippen LogP contribution in [0.4, 0.5) is 19.0 Å². The van der Waals surface area contributed by atoms with Crippen molar-refractivity contribution >= 4 is 17.4 Å². The van der Waals surface area contributed by atoms with Crippen LogP contribution in [0.1, 0.15) is 13.3 Å². The van der Waals surface area contributed by atoms with Crippen molar-refractivity contribution in [3.63, 3.8) is 0 Å². The number of anilines is 1. The summed E-state index contributed by atoms with van der Waals surface area (Å²) in [5.74, 6) is -0.712. The minimum Gasteiger partial charge on any atom is -0.365 e. The normalized spacial score (nSPS) is 12.9. The van der Waals surface area contributed by atoms with E-state index in [4.69, 9.17) is 11.6 Å². The molecule has 15 heavy (non-hydrogen) atoms. The van der Waals surface area contributed by atoms with E-state index in [2.05, 4.69) is 10.3 Å². The summed E-state index contributed by atoms with van der Waals surface area (Å²) in [7, 11) is 0. The molecule has 1 aromatic rings. The smallest absolute Gasteiger partial charge is 0.240 e. The van der Waals surface area contributed by atoms with Gasteiger partial charge in [-0.15, -0.1) is 0 Å². The Morgan fingerprint density at radius 2 is 2.20 bits per heavy atom. The predicted octanol–water partition coefficient (Wildman–Crippen LogP) is 3.33. The lowest BCUT2D eigenvalue weighted by Crippen LogP contribution is -2.19. The summed E-state index contributed by atoms with van der Waals surface area (Å²) in [4.78, 5) is 3.66.